The van der Waals surface area contributed by atoms with Crippen molar-refractivity contribution in [3.05, 3.63) is 113 Å². The molecule has 0 bridgehead atoms. The average Bonchev–Trinajstić information content (AvgIpc) is 3.21. The molecule has 0 aromatic heterocycles. The monoisotopic (exact) mass is 481 g/mol. The van der Waals surface area contributed by atoms with Gasteiger partial charge in [-0.15, -0.1) is 0 Å². The summed E-state index contributed by atoms with van der Waals surface area (Å²) in [6.07, 6.45) is 15.5. The lowest BCUT2D eigenvalue weighted by Gasteiger charge is -2.35. The molecule has 1 nitrogen and oxygen atoms in total. The van der Waals surface area contributed by atoms with Crippen LogP contribution in [-0.2, 0) is 0 Å². The molecule has 0 fully saturated rings. The van der Waals surface area contributed by atoms with E-state index in [1.165, 1.54) is 52.7 Å². The predicted octanol–water partition coefficient (Wildman–Crippen LogP) is 10.2. The van der Waals surface area contributed by atoms with E-state index in [0.717, 1.165) is 36.5 Å². The van der Waals surface area contributed by atoms with E-state index < -0.39 is 0 Å². The van der Waals surface area contributed by atoms with Crippen LogP contribution in [0.4, 0.5) is 0 Å². The third kappa shape index (κ3) is 6.69. The molecule has 2 atom stereocenters. The van der Waals surface area contributed by atoms with Crippen molar-refractivity contribution in [3.63, 3.8) is 0 Å². The average molecular weight is 482 g/mol. The van der Waals surface area contributed by atoms with Gasteiger partial charge in [0, 0.05) is 5.70 Å². The van der Waals surface area contributed by atoms with Crippen molar-refractivity contribution >= 4 is 5.57 Å². The van der Waals surface area contributed by atoms with Gasteiger partial charge in [-0.05, 0) is 102 Å². The third-order valence-corrected chi connectivity index (χ3v) is 8.07. The van der Waals surface area contributed by atoms with Crippen LogP contribution in [0.3, 0.4) is 0 Å². The van der Waals surface area contributed by atoms with Gasteiger partial charge in [-0.25, -0.2) is 0 Å². The van der Waals surface area contributed by atoms with E-state index in [2.05, 4.69) is 109 Å². The summed E-state index contributed by atoms with van der Waals surface area (Å²) in [5.74, 6) is 0.736. The molecule has 1 aromatic carbocycles. The van der Waals surface area contributed by atoms with Gasteiger partial charge in [-0.1, -0.05) is 102 Å². The van der Waals surface area contributed by atoms with E-state index in [1.54, 1.807) is 5.57 Å². The molecule has 192 valence electrons. The van der Waals surface area contributed by atoms with Crippen molar-refractivity contribution < 1.29 is 0 Å². The summed E-state index contributed by atoms with van der Waals surface area (Å²) in [6.45, 7) is 26.5. The summed E-state index contributed by atoms with van der Waals surface area (Å²) >= 11 is 0. The normalized spacial score (nSPS) is 21.0. The molecule has 36 heavy (non-hydrogen) atoms. The molecule has 3 rings (SSSR count). The zero-order valence-electron chi connectivity index (χ0n) is 23.6. The van der Waals surface area contributed by atoms with Gasteiger partial charge in [0.1, 0.15) is 0 Å². The molecule has 0 spiro atoms. The molecule has 0 saturated heterocycles. The topological polar surface area (TPSA) is 12.0 Å². The first-order valence-electron chi connectivity index (χ1n) is 13.7. The molecule has 2 aliphatic carbocycles. The minimum absolute atomic E-state index is 0.243. The summed E-state index contributed by atoms with van der Waals surface area (Å²) in [5.41, 5.74) is 11.8. The molecule has 1 N–H and O–H groups in total. The maximum Gasteiger partial charge on any atom is 0.0513 e. The summed E-state index contributed by atoms with van der Waals surface area (Å²) < 4.78 is 0. The maximum atomic E-state index is 4.45. The van der Waals surface area contributed by atoms with Gasteiger partial charge in [0.25, 0.3) is 0 Å². The Kier molecular flexibility index (Phi) is 9.23. The number of rotatable bonds is 9. The number of hydrogen-bond donors (Lipinski definition) is 1. The Morgan fingerprint density at radius 1 is 1.19 bits per heavy atom. The third-order valence-electron chi connectivity index (χ3n) is 8.07. The second-order valence-corrected chi connectivity index (χ2v) is 11.7. The highest BCUT2D eigenvalue weighted by atomic mass is 14.9. The van der Waals surface area contributed by atoms with Gasteiger partial charge in [-0.2, -0.15) is 0 Å². The van der Waals surface area contributed by atoms with Crippen LogP contribution in [0.5, 0.6) is 0 Å². The molecule has 1 heteroatoms. The van der Waals surface area contributed by atoms with Crippen LogP contribution in [0.15, 0.2) is 102 Å². The number of hydrogen-bond acceptors (Lipinski definition) is 1. The Morgan fingerprint density at radius 3 is 2.47 bits per heavy atom. The molecule has 2 aliphatic rings. The molecular weight excluding hydrogens is 434 g/mol. The van der Waals surface area contributed by atoms with Crippen molar-refractivity contribution in [2.45, 2.75) is 86.1 Å². The zero-order valence-corrected chi connectivity index (χ0v) is 23.6. The summed E-state index contributed by atoms with van der Waals surface area (Å²) in [7, 11) is 0. The zero-order chi connectivity index (χ0) is 26.5. The predicted molar refractivity (Wildman–Crippen MR) is 160 cm³/mol. The number of allylic oxidation sites excluding steroid dienone is 10. The minimum atomic E-state index is 0.243. The Hall–Kier alpha value is -2.80. The fourth-order valence-corrected chi connectivity index (χ4v) is 5.44. The molecule has 0 saturated carbocycles. The quantitative estimate of drug-likeness (QED) is 0.346. The van der Waals surface area contributed by atoms with E-state index >= 15 is 0 Å². The van der Waals surface area contributed by atoms with E-state index in [-0.39, 0.29) is 6.04 Å². The molecule has 1 aromatic rings. The summed E-state index contributed by atoms with van der Waals surface area (Å²) in [6, 6.07) is 9.11. The van der Waals surface area contributed by atoms with Crippen molar-refractivity contribution in [2.75, 3.05) is 0 Å². The lowest BCUT2D eigenvalue weighted by Crippen LogP contribution is -2.23. The van der Waals surface area contributed by atoms with Gasteiger partial charge >= 0.3 is 0 Å². The maximum absolute atomic E-state index is 4.45. The number of nitrogens with one attached hydrogen (secondary N) is 1. The molecule has 1 unspecified atom stereocenters. The fraction of sp³-hybridized carbons (Fsp3) is 0.429. The van der Waals surface area contributed by atoms with E-state index in [9.17, 15) is 0 Å². The second-order valence-electron chi connectivity index (χ2n) is 11.7. The van der Waals surface area contributed by atoms with E-state index in [4.69, 9.17) is 0 Å². The van der Waals surface area contributed by atoms with Crippen molar-refractivity contribution in [2.24, 2.45) is 11.3 Å². The van der Waals surface area contributed by atoms with Crippen LogP contribution in [0.2, 0.25) is 0 Å². The molecule has 0 radical (unpaired) electrons. The summed E-state index contributed by atoms with van der Waals surface area (Å²) in [4.78, 5) is 0. The van der Waals surface area contributed by atoms with Gasteiger partial charge in [-0.3, -0.25) is 0 Å². The fourth-order valence-electron chi connectivity index (χ4n) is 5.44. The number of benzene rings is 1. The second kappa shape index (κ2) is 12.0. The first-order valence-corrected chi connectivity index (χ1v) is 13.7. The highest BCUT2D eigenvalue weighted by Crippen LogP contribution is 2.42. The van der Waals surface area contributed by atoms with E-state index in [0.29, 0.717) is 5.41 Å². The molecule has 0 aliphatic heterocycles. The van der Waals surface area contributed by atoms with Crippen molar-refractivity contribution in [1.29, 1.82) is 0 Å². The van der Waals surface area contributed by atoms with Crippen LogP contribution in [0.1, 0.15) is 97.2 Å². The van der Waals surface area contributed by atoms with Gasteiger partial charge in [0.2, 0.25) is 0 Å². The van der Waals surface area contributed by atoms with Gasteiger partial charge in [0.05, 0.1) is 6.04 Å². The standard InChI is InChI=1S/C35H47N/c1-10-13-34(29-17-15-28(16-18-29)27(11-2)12-3)36-26(6)32-20-25(5)30(22-32)21-31-23-33(35(7,8)9)19-14-24(31)4/h11-12,15-18,21-22,33-34,36H,2,5-6,10,13-14,19-20,23H2,1,3-4,7-9H3/b27-12+,30-21-/t33?,34-/m1/s1. The lowest BCUT2D eigenvalue weighted by molar-refractivity contribution is 0.217. The van der Waals surface area contributed by atoms with Crippen molar-refractivity contribution in [1.82, 2.24) is 5.32 Å². The highest BCUT2D eigenvalue weighted by molar-refractivity contribution is 5.73. The molecule has 0 heterocycles. The van der Waals surface area contributed by atoms with Crippen LogP contribution in [0, 0.1) is 11.3 Å². The smallest absolute Gasteiger partial charge is 0.0513 e. The van der Waals surface area contributed by atoms with E-state index in [1.807, 2.05) is 6.08 Å². The van der Waals surface area contributed by atoms with Gasteiger partial charge < -0.3 is 5.32 Å². The van der Waals surface area contributed by atoms with Gasteiger partial charge in [0.15, 0.2) is 0 Å². The lowest BCUT2D eigenvalue weighted by atomic mass is 9.70. The Labute approximate surface area is 221 Å². The summed E-state index contributed by atoms with van der Waals surface area (Å²) in [5, 5.41) is 3.76. The minimum Gasteiger partial charge on any atom is -0.378 e. The van der Waals surface area contributed by atoms with Crippen LogP contribution in [-0.4, -0.2) is 0 Å². The Bertz CT molecular complexity index is 1110. The first-order chi connectivity index (χ1) is 17.1. The largest absolute Gasteiger partial charge is 0.378 e. The highest BCUT2D eigenvalue weighted by Gasteiger charge is 2.29. The van der Waals surface area contributed by atoms with Crippen LogP contribution < -0.4 is 5.32 Å². The van der Waals surface area contributed by atoms with Crippen molar-refractivity contribution in [3.8, 4) is 0 Å². The SMILES string of the molecule is C=C/C(=C\C)c1ccc([C@@H](CCC)NC(=C)C2=C/C(=C/C3=C(C)CCC(C(C)(C)C)C3)C(=C)C2)cc1. The molecule has 0 amide bonds. The molecular formula is C35H47N. The van der Waals surface area contributed by atoms with Crippen LogP contribution >= 0.6 is 0 Å². The Morgan fingerprint density at radius 2 is 1.89 bits per heavy atom. The Balaban J connectivity index is 1.77. The van der Waals surface area contributed by atoms with Crippen LogP contribution in [0.25, 0.3) is 5.57 Å². The first kappa shape index (κ1) is 27.8.